The van der Waals surface area contributed by atoms with E-state index < -0.39 is 0 Å². The maximum absolute atomic E-state index is 3.88. The average molecular weight is 1180 g/mol. The summed E-state index contributed by atoms with van der Waals surface area (Å²) in [6, 6.07) is 0. The van der Waals surface area contributed by atoms with Crippen LogP contribution in [0.5, 0.6) is 0 Å². The predicted molar refractivity (Wildman–Crippen MR) is 458 cm³/mol. The fraction of sp³-hybridized carbons (Fsp3) is 1.00. The highest BCUT2D eigenvalue weighted by molar-refractivity contribution is 9.02. The van der Waals surface area contributed by atoms with Gasteiger partial charge < -0.3 is 0 Å². The minimum absolute atomic E-state index is 0. The molecule has 1 aliphatic rings. The molecule has 1 rings (SSSR count). The molecule has 0 radical (unpaired) electrons. The molecule has 1 fully saturated rings. The van der Waals surface area contributed by atoms with E-state index in [4.69, 9.17) is 0 Å². The molecule has 1 saturated heterocycles. The second-order valence-corrected chi connectivity index (χ2v) is 8.72. The highest BCUT2D eigenvalue weighted by Gasteiger charge is 2.23. The first kappa shape index (κ1) is 2720. The van der Waals surface area contributed by atoms with Crippen LogP contribution in [0.3, 0.4) is 0 Å². The van der Waals surface area contributed by atoms with Crippen LogP contribution in [0.25, 0.3) is 0 Å². The fourth-order valence-electron chi connectivity index (χ4n) is 0.133. The Morgan fingerprint density at radius 1 is 0.221 bits per heavy atom. The van der Waals surface area contributed by atoms with Crippen molar-refractivity contribution in [1.29, 1.82) is 0 Å². The monoisotopic (exact) mass is 1180 g/mol. The number of hydrogen-bond donors (Lipinski definition) is 1. The Hall–Kier alpha value is 2.10. The third kappa shape index (κ3) is 3700. The Morgan fingerprint density at radius 2 is 0.294 bits per heavy atom. The Labute approximate surface area is 516 Å². The molecule has 6 heteroatoms. The van der Waals surface area contributed by atoms with Gasteiger partial charge in [0.15, 0.2) is 0 Å². The summed E-state index contributed by atoms with van der Waals surface area (Å²) in [5.74, 6) is 0. The van der Waals surface area contributed by atoms with Gasteiger partial charge in [-0.15, -0.1) is 0 Å². The summed E-state index contributed by atoms with van der Waals surface area (Å²) in [5, 5.41) is 0.931. The van der Waals surface area contributed by atoms with Gasteiger partial charge in [-0.1, -0.05) is 474 Å². The summed E-state index contributed by atoms with van der Waals surface area (Å²) in [6.07, 6.45) is 4.14. The zero-order valence-electron chi connectivity index (χ0n) is 5.77. The van der Waals surface area contributed by atoms with E-state index in [-0.39, 0.29) is 431 Å². The Morgan fingerprint density at radius 3 is 0.309 bits per heavy atom. The molecule has 0 atom stereocenters. The van der Waals surface area contributed by atoms with Crippen molar-refractivity contribution in [3.8, 4) is 0 Å². The molecule has 0 aromatic rings. The lowest BCUT2D eigenvalue weighted by atomic mass is 11.9. The topological polar surface area (TPSA) is 0 Å². The quantitative estimate of drug-likeness (QED) is 0.129. The zero-order chi connectivity index (χ0) is 7.82. The maximum atomic E-state index is 3.88. The van der Waals surface area contributed by atoms with Gasteiger partial charge in [-0.2, -0.15) is 24.4 Å². The van der Waals surface area contributed by atoms with Crippen LogP contribution in [0.2, 0.25) is 0 Å². The van der Waals surface area contributed by atoms with Crippen molar-refractivity contribution in [1.82, 2.24) is 0 Å². The molecule has 0 unspecified atom stereocenters. The summed E-state index contributed by atoms with van der Waals surface area (Å²) in [7, 11) is 7.69. The lowest BCUT2D eigenvalue weighted by Crippen LogP contribution is -1.52. The van der Waals surface area contributed by atoms with E-state index in [9.17, 15) is 0 Å². The summed E-state index contributed by atoms with van der Waals surface area (Å²) in [5.41, 5.74) is 0. The molecule has 0 aliphatic carbocycles. The van der Waals surface area contributed by atoms with Gasteiger partial charge >= 0.3 is 0 Å². The lowest BCUT2D eigenvalue weighted by Gasteiger charge is -1.79. The predicted octanol–water partition coefficient (Wildman–Crippen LogP) is 40.8. The molecule has 1 heterocycles. The zero-order valence-corrected chi connectivity index (χ0v) is 10.7. The summed E-state index contributed by atoms with van der Waals surface area (Å²) >= 11 is 5.60. The smallest absolute Gasteiger partial charge is 0.126 e. The Bertz CT molecular complexity index is 80.3. The standard InChI is InChI=1S/C2H4S4.C2H6S2.58CH4/c1-3-4-2-5-6-2;1-4-2-3;;;;;;;;;;;;;;;;;;;;;;;;;;;;;;;;;;;;;;;;;;;;;;;;;;;;;;;;;;/h2H,1H3;3H,2H2,1H3;58*1H4. The van der Waals surface area contributed by atoms with Gasteiger partial charge in [0.05, 0.1) is 0 Å². The molecule has 1 aliphatic heterocycles. The van der Waals surface area contributed by atoms with E-state index in [0.29, 0.717) is 0 Å². The van der Waals surface area contributed by atoms with Crippen molar-refractivity contribution >= 4 is 67.6 Å². The normalized spacial score (nSPS) is 2.34. The van der Waals surface area contributed by atoms with Crippen molar-refractivity contribution in [2.45, 2.75) is 435 Å². The number of thiol groups is 1. The first-order chi connectivity index (χ1) is 4.85. The SMILES string of the molecule is C.C.C.C.C.C.C.C.C.C.C.C.C.C.C.C.C.C.C.C.C.C.C.C.C.C.C.C.C.C.C.C.C.C.C.C.C.C.C.C.C.C.C.C.C.C.C.C.C.C.C.C.C.C.C.C.C.C.CSCS.CSSC1SS1. The second-order valence-electron chi connectivity index (χ2n) is 1.16. The van der Waals surface area contributed by atoms with Gasteiger partial charge in [0.1, 0.15) is 3.91 Å². The van der Waals surface area contributed by atoms with Crippen LogP contribution in [-0.4, -0.2) is 21.5 Å². The van der Waals surface area contributed by atoms with Crippen molar-refractivity contribution in [3.63, 3.8) is 0 Å². The van der Waals surface area contributed by atoms with E-state index in [1.807, 2.05) is 49.4 Å². The largest absolute Gasteiger partial charge is 0.168 e. The van der Waals surface area contributed by atoms with E-state index in [1.54, 1.807) is 11.8 Å². The van der Waals surface area contributed by atoms with Crippen LogP contribution in [0.15, 0.2) is 0 Å². The van der Waals surface area contributed by atoms with E-state index in [2.05, 4.69) is 18.9 Å². The van der Waals surface area contributed by atoms with Crippen molar-refractivity contribution in [3.05, 3.63) is 0 Å². The van der Waals surface area contributed by atoms with Crippen LogP contribution in [0, 0.1) is 0 Å². The van der Waals surface area contributed by atoms with Crippen LogP contribution >= 0.6 is 67.6 Å². The molecule has 0 saturated carbocycles. The average Bonchev–Trinajstić information content (AvgIpc) is 2.74. The molecule has 0 aromatic heterocycles. The highest BCUT2D eigenvalue weighted by Crippen LogP contribution is 2.61. The van der Waals surface area contributed by atoms with Crippen LogP contribution in [-0.2, 0) is 0 Å². The fourth-order valence-corrected chi connectivity index (χ4v) is 5.33. The van der Waals surface area contributed by atoms with Gasteiger partial charge in [0.25, 0.3) is 0 Å². The van der Waals surface area contributed by atoms with Crippen molar-refractivity contribution in [2.75, 3.05) is 17.6 Å². The molecule has 526 valence electrons. The molecule has 0 bridgehead atoms. The minimum Gasteiger partial charge on any atom is -0.168 e. The molecule has 0 spiro atoms. The van der Waals surface area contributed by atoms with Crippen LogP contribution in [0.4, 0.5) is 0 Å². The van der Waals surface area contributed by atoms with Gasteiger partial charge in [-0.25, -0.2) is 0 Å². The molecule has 0 N–H and O–H groups in total. The second kappa shape index (κ2) is 2600. The van der Waals surface area contributed by atoms with Gasteiger partial charge in [0.2, 0.25) is 0 Å². The minimum atomic E-state index is 0. The van der Waals surface area contributed by atoms with Gasteiger partial charge in [0, 0.05) is 5.08 Å². The molecule has 0 aromatic carbocycles. The van der Waals surface area contributed by atoms with Crippen LogP contribution in [0.1, 0.15) is 431 Å². The third-order valence-corrected chi connectivity index (χ3v) is 7.14. The third-order valence-electron chi connectivity index (χ3n) is 0.479. The van der Waals surface area contributed by atoms with E-state index >= 15 is 0 Å². The first-order valence-electron chi connectivity index (χ1n) is 2.46. The number of rotatable bonds is 3. The maximum Gasteiger partial charge on any atom is 0.126 e. The summed E-state index contributed by atoms with van der Waals surface area (Å²) in [4.78, 5) is 0. The Balaban J connectivity index is -0.000000000227. The summed E-state index contributed by atoms with van der Waals surface area (Å²) < 4.78 is 0.861. The lowest BCUT2D eigenvalue weighted by molar-refractivity contribution is 2.22. The van der Waals surface area contributed by atoms with E-state index in [0.717, 1.165) is 9.00 Å². The highest BCUT2D eigenvalue weighted by atomic mass is 33.2. The van der Waals surface area contributed by atoms with Gasteiger partial charge in [-0.05, 0) is 12.5 Å². The molecular formula is C62H242S6. The van der Waals surface area contributed by atoms with E-state index in [1.165, 1.54) is 0 Å². The van der Waals surface area contributed by atoms with Gasteiger partial charge in [-0.3, -0.25) is 0 Å². The molecule has 0 nitrogen and oxygen atoms in total. The van der Waals surface area contributed by atoms with Crippen molar-refractivity contribution < 1.29 is 0 Å². The Kier molecular flexibility index (Phi) is 104000. The first-order valence-corrected chi connectivity index (χ1v) is 9.39. The number of thioether (sulfide) groups is 1. The molecule has 68 heavy (non-hydrogen) atoms. The molecular weight excluding hydrogens is 937 g/mol. The van der Waals surface area contributed by atoms with Crippen LogP contribution < -0.4 is 0 Å². The summed E-state index contributed by atoms with van der Waals surface area (Å²) in [6.45, 7) is 0. The number of hydrogen-bond acceptors (Lipinski definition) is 6. The molecule has 0 amide bonds. The van der Waals surface area contributed by atoms with Crippen molar-refractivity contribution in [2.24, 2.45) is 0 Å².